The molecule has 2 bridgehead atoms. The van der Waals surface area contributed by atoms with Gasteiger partial charge in [-0.05, 0) is 37.5 Å². The van der Waals surface area contributed by atoms with E-state index in [1.807, 2.05) is 12.2 Å². The Hall–Kier alpha value is -1.58. The van der Waals surface area contributed by atoms with Gasteiger partial charge in [-0.2, -0.15) is 0 Å². The molecule has 5 unspecified atom stereocenters. The lowest BCUT2D eigenvalue weighted by Gasteiger charge is -2.27. The van der Waals surface area contributed by atoms with Crippen LogP contribution in [0, 0.1) is 23.7 Å². The SMILES string of the molecule is O=C(O)C1C2C=CC(C2)C1C(=O)NC1CC=CCC1. The lowest BCUT2D eigenvalue weighted by molar-refractivity contribution is -0.148. The quantitative estimate of drug-likeness (QED) is 0.760. The van der Waals surface area contributed by atoms with Gasteiger partial charge in [0.2, 0.25) is 5.91 Å². The maximum Gasteiger partial charge on any atom is 0.307 e. The van der Waals surface area contributed by atoms with Gasteiger partial charge in [-0.3, -0.25) is 9.59 Å². The minimum Gasteiger partial charge on any atom is -0.481 e. The van der Waals surface area contributed by atoms with Gasteiger partial charge in [0.1, 0.15) is 0 Å². The highest BCUT2D eigenvalue weighted by Gasteiger charge is 2.51. The van der Waals surface area contributed by atoms with Crippen molar-refractivity contribution >= 4 is 11.9 Å². The molecule has 1 saturated carbocycles. The van der Waals surface area contributed by atoms with Crippen LogP contribution in [0.4, 0.5) is 0 Å². The number of aliphatic carboxylic acids is 1. The fourth-order valence-electron chi connectivity index (χ4n) is 3.74. The second-order valence-electron chi connectivity index (χ2n) is 5.83. The number of carbonyl (C=O) groups is 2. The number of allylic oxidation sites excluding steroid dienone is 3. The lowest BCUT2D eigenvalue weighted by atomic mass is 9.82. The molecule has 1 fully saturated rings. The van der Waals surface area contributed by atoms with Crippen LogP contribution >= 0.6 is 0 Å². The predicted molar refractivity (Wildman–Crippen MR) is 70.3 cm³/mol. The Morgan fingerprint density at radius 3 is 2.47 bits per heavy atom. The molecule has 0 aromatic rings. The third kappa shape index (κ3) is 2.20. The standard InChI is InChI=1S/C15H19NO3/c17-14(16-11-4-2-1-3-5-11)12-9-6-7-10(8-9)13(12)15(18)19/h1-2,6-7,9-13H,3-5,8H2,(H,16,17)(H,18,19). The topological polar surface area (TPSA) is 66.4 Å². The highest BCUT2D eigenvalue weighted by atomic mass is 16.4. The molecule has 3 aliphatic rings. The second kappa shape index (κ2) is 4.83. The van der Waals surface area contributed by atoms with Crippen LogP contribution in [-0.2, 0) is 9.59 Å². The van der Waals surface area contributed by atoms with Crippen molar-refractivity contribution in [3.05, 3.63) is 24.3 Å². The molecule has 4 heteroatoms. The minimum atomic E-state index is -0.833. The Balaban J connectivity index is 1.70. The number of nitrogens with one attached hydrogen (secondary N) is 1. The number of rotatable bonds is 3. The van der Waals surface area contributed by atoms with Crippen LogP contribution in [0.3, 0.4) is 0 Å². The van der Waals surface area contributed by atoms with Crippen molar-refractivity contribution in [3.63, 3.8) is 0 Å². The lowest BCUT2D eigenvalue weighted by Crippen LogP contribution is -2.44. The van der Waals surface area contributed by atoms with E-state index < -0.39 is 11.9 Å². The molecule has 0 aromatic carbocycles. The summed E-state index contributed by atoms with van der Waals surface area (Å²) < 4.78 is 0. The first-order chi connectivity index (χ1) is 9.16. The van der Waals surface area contributed by atoms with Crippen LogP contribution < -0.4 is 5.32 Å². The van der Waals surface area contributed by atoms with E-state index in [0.717, 1.165) is 25.7 Å². The average Bonchev–Trinajstić information content (AvgIpc) is 2.99. The summed E-state index contributed by atoms with van der Waals surface area (Å²) in [7, 11) is 0. The van der Waals surface area contributed by atoms with Crippen LogP contribution in [0.2, 0.25) is 0 Å². The van der Waals surface area contributed by atoms with Crippen molar-refractivity contribution in [2.75, 3.05) is 0 Å². The van der Waals surface area contributed by atoms with Gasteiger partial charge in [-0.1, -0.05) is 24.3 Å². The zero-order valence-electron chi connectivity index (χ0n) is 10.8. The number of hydrogen-bond donors (Lipinski definition) is 2. The summed E-state index contributed by atoms with van der Waals surface area (Å²) in [5.41, 5.74) is 0. The number of hydrogen-bond acceptors (Lipinski definition) is 2. The number of carbonyl (C=O) groups excluding carboxylic acids is 1. The molecule has 3 rings (SSSR count). The van der Waals surface area contributed by atoms with Crippen molar-refractivity contribution in [2.45, 2.75) is 31.7 Å². The average molecular weight is 261 g/mol. The van der Waals surface area contributed by atoms with E-state index in [9.17, 15) is 14.7 Å². The molecule has 3 aliphatic carbocycles. The molecule has 0 spiro atoms. The Bertz CT molecular complexity index is 454. The fourth-order valence-corrected chi connectivity index (χ4v) is 3.74. The normalized spacial score (nSPS) is 39.5. The van der Waals surface area contributed by atoms with Gasteiger partial charge in [0, 0.05) is 6.04 Å². The van der Waals surface area contributed by atoms with Crippen LogP contribution in [-0.4, -0.2) is 23.0 Å². The number of carboxylic acids is 1. The molecule has 0 radical (unpaired) electrons. The number of amides is 1. The van der Waals surface area contributed by atoms with Crippen LogP contribution in [0.1, 0.15) is 25.7 Å². The Labute approximate surface area is 112 Å². The second-order valence-corrected chi connectivity index (χ2v) is 5.83. The van der Waals surface area contributed by atoms with Gasteiger partial charge in [0.25, 0.3) is 0 Å². The van der Waals surface area contributed by atoms with Gasteiger partial charge in [-0.25, -0.2) is 0 Å². The predicted octanol–water partition coefficient (Wildman–Crippen LogP) is 1.73. The number of fused-ring (bicyclic) bond motifs is 2. The zero-order chi connectivity index (χ0) is 13.4. The summed E-state index contributed by atoms with van der Waals surface area (Å²) in [5.74, 6) is -1.65. The molecular formula is C15H19NO3. The first-order valence-corrected chi connectivity index (χ1v) is 7.03. The fraction of sp³-hybridized carbons (Fsp3) is 0.600. The summed E-state index contributed by atoms with van der Waals surface area (Å²) in [6.07, 6.45) is 11.8. The van der Waals surface area contributed by atoms with Crippen molar-refractivity contribution in [3.8, 4) is 0 Å². The van der Waals surface area contributed by atoms with Gasteiger partial charge in [0.15, 0.2) is 0 Å². The Morgan fingerprint density at radius 1 is 1.11 bits per heavy atom. The zero-order valence-corrected chi connectivity index (χ0v) is 10.8. The summed E-state index contributed by atoms with van der Waals surface area (Å²) in [4.78, 5) is 23.8. The summed E-state index contributed by atoms with van der Waals surface area (Å²) in [6.45, 7) is 0. The molecular weight excluding hydrogens is 242 g/mol. The minimum absolute atomic E-state index is 0.0458. The molecule has 4 nitrogen and oxygen atoms in total. The van der Waals surface area contributed by atoms with Crippen molar-refractivity contribution in [1.82, 2.24) is 5.32 Å². The van der Waals surface area contributed by atoms with E-state index in [1.165, 1.54) is 0 Å². The molecule has 19 heavy (non-hydrogen) atoms. The van der Waals surface area contributed by atoms with E-state index in [4.69, 9.17) is 0 Å². The van der Waals surface area contributed by atoms with E-state index in [2.05, 4.69) is 17.5 Å². The third-order valence-electron chi connectivity index (χ3n) is 4.66. The van der Waals surface area contributed by atoms with Crippen LogP contribution in [0.25, 0.3) is 0 Å². The molecule has 0 aliphatic heterocycles. The van der Waals surface area contributed by atoms with Crippen molar-refractivity contribution < 1.29 is 14.7 Å². The molecule has 2 N–H and O–H groups in total. The monoisotopic (exact) mass is 261 g/mol. The van der Waals surface area contributed by atoms with Crippen molar-refractivity contribution in [2.24, 2.45) is 23.7 Å². The van der Waals surface area contributed by atoms with E-state index >= 15 is 0 Å². The van der Waals surface area contributed by atoms with Gasteiger partial charge in [-0.15, -0.1) is 0 Å². The first kappa shape index (κ1) is 12.5. The maximum absolute atomic E-state index is 12.4. The van der Waals surface area contributed by atoms with Crippen LogP contribution in [0.15, 0.2) is 24.3 Å². The molecule has 0 saturated heterocycles. The van der Waals surface area contributed by atoms with Gasteiger partial charge < -0.3 is 10.4 Å². The molecule has 5 atom stereocenters. The van der Waals surface area contributed by atoms with E-state index in [-0.39, 0.29) is 29.7 Å². The third-order valence-corrected chi connectivity index (χ3v) is 4.66. The highest BCUT2D eigenvalue weighted by molar-refractivity contribution is 5.87. The molecule has 102 valence electrons. The smallest absolute Gasteiger partial charge is 0.307 e. The maximum atomic E-state index is 12.4. The molecule has 1 amide bonds. The molecule has 0 heterocycles. The Morgan fingerprint density at radius 2 is 1.84 bits per heavy atom. The van der Waals surface area contributed by atoms with Crippen molar-refractivity contribution in [1.29, 1.82) is 0 Å². The summed E-state index contributed by atoms with van der Waals surface area (Å²) in [5, 5.41) is 12.4. The number of carboxylic acid groups (broad SMARTS) is 1. The Kier molecular flexibility index (Phi) is 3.17. The van der Waals surface area contributed by atoms with E-state index in [0.29, 0.717) is 0 Å². The summed E-state index contributed by atoms with van der Waals surface area (Å²) >= 11 is 0. The summed E-state index contributed by atoms with van der Waals surface area (Å²) in [6, 6.07) is 0.176. The van der Waals surface area contributed by atoms with Gasteiger partial charge in [0.05, 0.1) is 11.8 Å². The largest absolute Gasteiger partial charge is 0.481 e. The van der Waals surface area contributed by atoms with Crippen LogP contribution in [0.5, 0.6) is 0 Å². The highest BCUT2D eigenvalue weighted by Crippen LogP contribution is 2.48. The van der Waals surface area contributed by atoms with E-state index in [1.54, 1.807) is 0 Å². The molecule has 0 aromatic heterocycles. The first-order valence-electron chi connectivity index (χ1n) is 7.03. The van der Waals surface area contributed by atoms with Gasteiger partial charge >= 0.3 is 5.97 Å².